The molecule has 0 radical (unpaired) electrons. The van der Waals surface area contributed by atoms with E-state index in [1.807, 2.05) is 0 Å². The van der Waals surface area contributed by atoms with E-state index in [1.54, 1.807) is 6.92 Å². The van der Waals surface area contributed by atoms with E-state index in [1.165, 1.54) is 12.3 Å². The molecule has 0 amide bonds. The molecule has 1 aliphatic heterocycles. The Labute approximate surface area is 154 Å². The maximum Gasteiger partial charge on any atom is 0.573 e. The first-order chi connectivity index (χ1) is 12.7. The fraction of sp³-hybridized carbons (Fsp3) is 0.444. The van der Waals surface area contributed by atoms with Crippen LogP contribution in [0.3, 0.4) is 0 Å². The van der Waals surface area contributed by atoms with Crippen LogP contribution in [0.1, 0.15) is 18.5 Å². The van der Waals surface area contributed by atoms with Crippen molar-refractivity contribution in [2.75, 3.05) is 25.5 Å². The summed E-state index contributed by atoms with van der Waals surface area (Å²) in [6, 6.07) is 3.41. The summed E-state index contributed by atoms with van der Waals surface area (Å²) in [5.41, 5.74) is 1.05. The molecular weight excluding hydrogens is 364 g/mol. The predicted octanol–water partition coefficient (Wildman–Crippen LogP) is 4.00. The highest BCUT2D eigenvalue weighted by molar-refractivity contribution is 5.67. The lowest BCUT2D eigenvalue weighted by atomic mass is 10.1. The SMILES string of the molecule is Cc1nc(NC[C@@H]2CCCN2C)ncc1-c1ccc(OC(F)(F)F)cc1F. The lowest BCUT2D eigenvalue weighted by molar-refractivity contribution is -0.274. The Morgan fingerprint density at radius 3 is 2.67 bits per heavy atom. The van der Waals surface area contributed by atoms with Crippen LogP contribution < -0.4 is 10.1 Å². The molecule has 0 aliphatic carbocycles. The van der Waals surface area contributed by atoms with Crippen LogP contribution in [0, 0.1) is 12.7 Å². The van der Waals surface area contributed by atoms with Crippen LogP contribution in [0.25, 0.3) is 11.1 Å². The van der Waals surface area contributed by atoms with Gasteiger partial charge in [-0.05, 0) is 45.5 Å². The van der Waals surface area contributed by atoms with Crippen LogP contribution in [0.5, 0.6) is 5.75 Å². The highest BCUT2D eigenvalue weighted by Gasteiger charge is 2.31. The van der Waals surface area contributed by atoms with Gasteiger partial charge in [-0.15, -0.1) is 13.2 Å². The molecule has 5 nitrogen and oxygen atoms in total. The van der Waals surface area contributed by atoms with Gasteiger partial charge in [0, 0.05) is 36.0 Å². The van der Waals surface area contributed by atoms with Crippen LogP contribution in [0.15, 0.2) is 24.4 Å². The topological polar surface area (TPSA) is 50.3 Å². The zero-order valence-corrected chi connectivity index (χ0v) is 15.0. The summed E-state index contributed by atoms with van der Waals surface area (Å²) in [6.45, 7) is 3.48. The number of nitrogens with zero attached hydrogens (tertiary/aromatic N) is 3. The molecule has 1 aromatic carbocycles. The summed E-state index contributed by atoms with van der Waals surface area (Å²) in [4.78, 5) is 10.8. The van der Waals surface area contributed by atoms with E-state index < -0.39 is 17.9 Å². The number of alkyl halides is 3. The van der Waals surface area contributed by atoms with Gasteiger partial charge in [0.1, 0.15) is 11.6 Å². The minimum atomic E-state index is -4.87. The van der Waals surface area contributed by atoms with E-state index >= 15 is 0 Å². The third kappa shape index (κ3) is 4.85. The molecule has 2 heterocycles. The Bertz CT molecular complexity index is 812. The van der Waals surface area contributed by atoms with Crippen LogP contribution in [0.2, 0.25) is 0 Å². The van der Waals surface area contributed by atoms with Gasteiger partial charge < -0.3 is 15.0 Å². The zero-order valence-electron chi connectivity index (χ0n) is 15.0. The Morgan fingerprint density at radius 2 is 2.07 bits per heavy atom. The molecule has 0 unspecified atom stereocenters. The number of rotatable bonds is 5. The largest absolute Gasteiger partial charge is 0.573 e. The number of aromatic nitrogens is 2. The lowest BCUT2D eigenvalue weighted by Gasteiger charge is -2.19. The molecule has 1 saturated heterocycles. The molecule has 0 spiro atoms. The smallest absolute Gasteiger partial charge is 0.406 e. The van der Waals surface area contributed by atoms with Crippen molar-refractivity contribution in [3.63, 3.8) is 0 Å². The number of hydrogen-bond acceptors (Lipinski definition) is 5. The van der Waals surface area contributed by atoms with E-state index in [0.29, 0.717) is 35.9 Å². The average Bonchev–Trinajstić information content (AvgIpc) is 2.97. The molecule has 1 aliphatic rings. The maximum atomic E-state index is 14.3. The Hall–Kier alpha value is -2.42. The molecule has 2 aromatic rings. The minimum absolute atomic E-state index is 0.115. The van der Waals surface area contributed by atoms with Gasteiger partial charge in [-0.25, -0.2) is 14.4 Å². The molecule has 0 saturated carbocycles. The van der Waals surface area contributed by atoms with Gasteiger partial charge in [0.05, 0.1) is 5.69 Å². The summed E-state index contributed by atoms with van der Waals surface area (Å²) in [5.74, 6) is -1.01. The number of likely N-dealkylation sites (tertiary alicyclic amines) is 1. The third-order valence-electron chi connectivity index (χ3n) is 4.61. The van der Waals surface area contributed by atoms with Crippen molar-refractivity contribution in [2.24, 2.45) is 0 Å². The van der Waals surface area contributed by atoms with Gasteiger partial charge in [0.25, 0.3) is 0 Å². The number of aryl methyl sites for hydroxylation is 1. The minimum Gasteiger partial charge on any atom is -0.406 e. The second-order valence-corrected chi connectivity index (χ2v) is 6.54. The van der Waals surface area contributed by atoms with Crippen molar-refractivity contribution in [3.8, 4) is 16.9 Å². The van der Waals surface area contributed by atoms with Crippen molar-refractivity contribution < 1.29 is 22.3 Å². The van der Waals surface area contributed by atoms with E-state index in [0.717, 1.165) is 25.5 Å². The lowest BCUT2D eigenvalue weighted by Crippen LogP contribution is -2.32. The molecule has 1 N–H and O–H groups in total. The highest BCUT2D eigenvalue weighted by Crippen LogP contribution is 2.30. The molecule has 1 atom stereocenters. The van der Waals surface area contributed by atoms with Gasteiger partial charge in [-0.3, -0.25) is 0 Å². The molecule has 146 valence electrons. The van der Waals surface area contributed by atoms with E-state index in [9.17, 15) is 17.6 Å². The van der Waals surface area contributed by atoms with E-state index in [2.05, 4.69) is 32.0 Å². The molecule has 1 fully saturated rings. The van der Waals surface area contributed by atoms with Crippen LogP contribution >= 0.6 is 0 Å². The van der Waals surface area contributed by atoms with Crippen molar-refractivity contribution in [1.82, 2.24) is 14.9 Å². The number of halogens is 4. The number of anilines is 1. The monoisotopic (exact) mass is 384 g/mol. The van der Waals surface area contributed by atoms with Crippen molar-refractivity contribution in [1.29, 1.82) is 0 Å². The normalized spacial score (nSPS) is 17.9. The van der Waals surface area contributed by atoms with Gasteiger partial charge in [0.15, 0.2) is 0 Å². The van der Waals surface area contributed by atoms with Crippen molar-refractivity contribution >= 4 is 5.95 Å². The number of ether oxygens (including phenoxy) is 1. The molecule has 0 bridgehead atoms. The van der Waals surface area contributed by atoms with Gasteiger partial charge in [-0.1, -0.05) is 0 Å². The second-order valence-electron chi connectivity index (χ2n) is 6.54. The zero-order chi connectivity index (χ0) is 19.6. The molecule has 1 aromatic heterocycles. The summed E-state index contributed by atoms with van der Waals surface area (Å²) in [5, 5.41) is 3.18. The molecule has 3 rings (SSSR count). The second kappa shape index (κ2) is 7.67. The fourth-order valence-electron chi connectivity index (χ4n) is 3.17. The summed E-state index contributed by atoms with van der Waals surface area (Å²) in [6.07, 6.45) is -1.13. The van der Waals surface area contributed by atoms with Crippen LogP contribution in [-0.2, 0) is 0 Å². The Balaban J connectivity index is 1.73. The predicted molar refractivity (Wildman–Crippen MR) is 93.0 cm³/mol. The van der Waals surface area contributed by atoms with Gasteiger partial charge in [0.2, 0.25) is 5.95 Å². The first-order valence-corrected chi connectivity index (χ1v) is 8.56. The van der Waals surface area contributed by atoms with Crippen LogP contribution in [0.4, 0.5) is 23.5 Å². The third-order valence-corrected chi connectivity index (χ3v) is 4.61. The number of nitrogens with one attached hydrogen (secondary N) is 1. The molecule has 9 heteroatoms. The van der Waals surface area contributed by atoms with Crippen LogP contribution in [-0.4, -0.2) is 47.4 Å². The summed E-state index contributed by atoms with van der Waals surface area (Å²) < 4.78 is 54.7. The Kier molecular flexibility index (Phi) is 5.50. The van der Waals surface area contributed by atoms with Gasteiger partial charge in [-0.2, -0.15) is 0 Å². The van der Waals surface area contributed by atoms with Gasteiger partial charge >= 0.3 is 6.36 Å². The maximum absolute atomic E-state index is 14.3. The average molecular weight is 384 g/mol. The Morgan fingerprint density at radius 1 is 1.30 bits per heavy atom. The van der Waals surface area contributed by atoms with Crippen molar-refractivity contribution in [2.45, 2.75) is 32.2 Å². The van der Waals surface area contributed by atoms with E-state index in [-0.39, 0.29) is 5.56 Å². The number of benzene rings is 1. The fourth-order valence-corrected chi connectivity index (χ4v) is 3.17. The highest BCUT2D eigenvalue weighted by atomic mass is 19.4. The molecular formula is C18H20F4N4O. The first-order valence-electron chi connectivity index (χ1n) is 8.56. The summed E-state index contributed by atoms with van der Waals surface area (Å²) >= 11 is 0. The first kappa shape index (κ1) is 19.3. The van der Waals surface area contributed by atoms with Crippen molar-refractivity contribution in [3.05, 3.63) is 35.9 Å². The number of likely N-dealkylation sites (N-methyl/N-ethyl adjacent to an activating group) is 1. The standard InChI is InChI=1S/C18H20F4N4O/c1-11-15(14-6-5-13(8-16(14)19)27-18(20,21)22)10-24-17(25-11)23-9-12-4-3-7-26(12)2/h5-6,8,10,12H,3-4,7,9H2,1-2H3,(H,23,24,25)/t12-/m0/s1. The van der Waals surface area contributed by atoms with E-state index in [4.69, 9.17) is 0 Å². The summed E-state index contributed by atoms with van der Waals surface area (Å²) in [7, 11) is 2.07. The quantitative estimate of drug-likeness (QED) is 0.790. The molecule has 27 heavy (non-hydrogen) atoms. The number of hydrogen-bond donors (Lipinski definition) is 1.